The summed E-state index contributed by atoms with van der Waals surface area (Å²) in [5.41, 5.74) is 3.35. The van der Waals surface area contributed by atoms with E-state index in [1.165, 1.54) is 0 Å². The van der Waals surface area contributed by atoms with Gasteiger partial charge >= 0.3 is 0 Å². The maximum atomic E-state index is 13.4. The number of halogens is 2. The molecule has 4 aromatic rings. The lowest BCUT2D eigenvalue weighted by Gasteiger charge is -2.18. The minimum Gasteiger partial charge on any atom is -0.336 e. The van der Waals surface area contributed by atoms with E-state index < -0.39 is 0 Å². The molecule has 0 unspecified atom stereocenters. The second-order valence-corrected chi connectivity index (χ2v) is 8.02. The zero-order chi connectivity index (χ0) is 22.1. The van der Waals surface area contributed by atoms with E-state index in [2.05, 4.69) is 20.1 Å². The average Bonchev–Trinajstić information content (AvgIpc) is 3.11. The number of hydrogen-bond acceptors (Lipinski definition) is 5. The summed E-state index contributed by atoms with van der Waals surface area (Å²) in [7, 11) is 1.74. The Morgan fingerprint density at radius 2 is 1.90 bits per heavy atom. The van der Waals surface area contributed by atoms with Gasteiger partial charge in [-0.1, -0.05) is 23.2 Å². The van der Waals surface area contributed by atoms with Crippen molar-refractivity contribution in [1.82, 2.24) is 29.6 Å². The first kappa shape index (κ1) is 21.2. The molecule has 0 bridgehead atoms. The van der Waals surface area contributed by atoms with Gasteiger partial charge < -0.3 is 4.90 Å². The molecule has 1 aromatic carbocycles. The number of benzene rings is 1. The number of carbonyl (C=O) groups is 1. The van der Waals surface area contributed by atoms with Gasteiger partial charge in [0.1, 0.15) is 11.4 Å². The number of amides is 1. The number of fused-ring (bicyclic) bond motifs is 1. The van der Waals surface area contributed by atoms with Crippen LogP contribution >= 0.6 is 23.2 Å². The maximum Gasteiger partial charge on any atom is 0.273 e. The normalized spacial score (nSPS) is 11.1. The molecular formula is C22H20Cl2N6O. The molecule has 0 fully saturated rings. The van der Waals surface area contributed by atoms with Crippen molar-refractivity contribution in [1.29, 1.82) is 0 Å². The Morgan fingerprint density at radius 3 is 2.61 bits per heavy atom. The van der Waals surface area contributed by atoms with Gasteiger partial charge in [0.25, 0.3) is 5.91 Å². The van der Waals surface area contributed by atoms with Gasteiger partial charge in [-0.3, -0.25) is 14.5 Å². The van der Waals surface area contributed by atoms with Gasteiger partial charge in [-0.05, 0) is 44.2 Å². The molecule has 0 aliphatic heterocycles. The fraction of sp³-hybridized carbons (Fsp3) is 0.227. The van der Waals surface area contributed by atoms with Crippen LogP contribution in [0.1, 0.15) is 28.7 Å². The molecule has 0 N–H and O–H groups in total. The average molecular weight is 455 g/mol. The first-order valence-electron chi connectivity index (χ1n) is 9.73. The maximum absolute atomic E-state index is 13.4. The van der Waals surface area contributed by atoms with Crippen molar-refractivity contribution in [2.75, 3.05) is 7.05 Å². The number of pyridine rings is 1. The van der Waals surface area contributed by atoms with Crippen molar-refractivity contribution in [3.8, 4) is 11.5 Å². The first-order valence-corrected chi connectivity index (χ1v) is 10.5. The Balaban J connectivity index is 1.77. The number of carbonyl (C=O) groups excluding carboxylic acids is 1. The van der Waals surface area contributed by atoms with Crippen LogP contribution < -0.4 is 0 Å². The van der Waals surface area contributed by atoms with Crippen LogP contribution in [-0.4, -0.2) is 42.6 Å². The number of aromatic nitrogens is 5. The standard InChI is InChI=1S/C22H20Cl2N6O/c1-4-30-13(2)14(11-26-30)12-29(3)22(31)20-17-9-15(23)5-6-18(17)27-21(28-20)19-10-16(24)7-8-25-19/h5-11H,4,12H2,1-3H3. The Hall–Kier alpha value is -3.03. The fourth-order valence-corrected chi connectivity index (χ4v) is 3.70. The zero-order valence-corrected chi connectivity index (χ0v) is 18.8. The molecule has 3 heterocycles. The predicted molar refractivity (Wildman–Crippen MR) is 121 cm³/mol. The molecule has 0 atom stereocenters. The zero-order valence-electron chi connectivity index (χ0n) is 17.3. The molecular weight excluding hydrogens is 435 g/mol. The molecule has 1 amide bonds. The van der Waals surface area contributed by atoms with Crippen LogP contribution in [0.5, 0.6) is 0 Å². The SMILES string of the molecule is CCn1ncc(CN(C)C(=O)c2nc(-c3cc(Cl)ccn3)nc3ccc(Cl)cc23)c1C. The van der Waals surface area contributed by atoms with E-state index >= 15 is 0 Å². The van der Waals surface area contributed by atoms with Crippen LogP contribution in [0.25, 0.3) is 22.4 Å². The van der Waals surface area contributed by atoms with E-state index in [9.17, 15) is 4.79 Å². The third kappa shape index (κ3) is 4.24. The lowest BCUT2D eigenvalue weighted by molar-refractivity contribution is 0.0781. The number of nitrogens with zero attached hydrogens (tertiary/aromatic N) is 6. The quantitative estimate of drug-likeness (QED) is 0.432. The monoisotopic (exact) mass is 454 g/mol. The van der Waals surface area contributed by atoms with E-state index in [0.717, 1.165) is 17.8 Å². The lowest BCUT2D eigenvalue weighted by Crippen LogP contribution is -2.28. The van der Waals surface area contributed by atoms with Crippen LogP contribution in [-0.2, 0) is 13.1 Å². The molecule has 31 heavy (non-hydrogen) atoms. The van der Waals surface area contributed by atoms with Crippen molar-refractivity contribution in [2.24, 2.45) is 0 Å². The third-order valence-corrected chi connectivity index (χ3v) is 5.54. The minimum absolute atomic E-state index is 0.249. The largest absolute Gasteiger partial charge is 0.336 e. The summed E-state index contributed by atoms with van der Waals surface area (Å²) in [4.78, 5) is 28.5. The molecule has 0 spiro atoms. The van der Waals surface area contributed by atoms with Crippen molar-refractivity contribution < 1.29 is 4.79 Å². The molecule has 0 aliphatic carbocycles. The fourth-order valence-electron chi connectivity index (χ4n) is 3.37. The summed E-state index contributed by atoms with van der Waals surface area (Å²) in [5.74, 6) is 0.0747. The summed E-state index contributed by atoms with van der Waals surface area (Å²) in [5, 5.41) is 5.95. The number of rotatable bonds is 5. The summed E-state index contributed by atoms with van der Waals surface area (Å²) in [6.45, 7) is 5.20. The van der Waals surface area contributed by atoms with Crippen molar-refractivity contribution in [3.63, 3.8) is 0 Å². The molecule has 3 aromatic heterocycles. The predicted octanol–water partition coefficient (Wildman–Crippen LogP) is 4.80. The van der Waals surface area contributed by atoms with Gasteiger partial charge in [0.2, 0.25) is 0 Å². The number of hydrogen-bond donors (Lipinski definition) is 0. The van der Waals surface area contributed by atoms with Gasteiger partial charge in [0.15, 0.2) is 5.82 Å². The molecule has 0 saturated carbocycles. The van der Waals surface area contributed by atoms with Crippen LogP contribution in [0, 0.1) is 6.92 Å². The molecule has 0 radical (unpaired) electrons. The second kappa shape index (κ2) is 8.61. The topological polar surface area (TPSA) is 76.8 Å². The summed E-state index contributed by atoms with van der Waals surface area (Å²) >= 11 is 12.3. The highest BCUT2D eigenvalue weighted by molar-refractivity contribution is 6.31. The van der Waals surface area contributed by atoms with Gasteiger partial charge in [-0.25, -0.2) is 9.97 Å². The number of aryl methyl sites for hydroxylation is 1. The first-order chi connectivity index (χ1) is 14.9. The molecule has 158 valence electrons. The molecule has 7 nitrogen and oxygen atoms in total. The highest BCUT2D eigenvalue weighted by Crippen LogP contribution is 2.26. The van der Waals surface area contributed by atoms with Gasteiger partial charge in [0.05, 0.1) is 11.7 Å². The van der Waals surface area contributed by atoms with Crippen LogP contribution in [0.4, 0.5) is 0 Å². The van der Waals surface area contributed by atoms with Gasteiger partial charge in [0, 0.05) is 53.0 Å². The highest BCUT2D eigenvalue weighted by Gasteiger charge is 2.21. The van der Waals surface area contributed by atoms with E-state index in [1.54, 1.807) is 54.7 Å². The molecule has 0 saturated heterocycles. The Kier molecular flexibility index (Phi) is 5.89. The Morgan fingerprint density at radius 1 is 1.13 bits per heavy atom. The van der Waals surface area contributed by atoms with Crippen molar-refractivity contribution in [2.45, 2.75) is 26.9 Å². The second-order valence-electron chi connectivity index (χ2n) is 7.15. The molecule has 9 heteroatoms. The third-order valence-electron chi connectivity index (χ3n) is 5.07. The summed E-state index contributed by atoms with van der Waals surface area (Å²) in [6, 6.07) is 8.53. The van der Waals surface area contributed by atoms with E-state index in [4.69, 9.17) is 23.2 Å². The van der Waals surface area contributed by atoms with Crippen molar-refractivity contribution >= 4 is 40.0 Å². The smallest absolute Gasteiger partial charge is 0.273 e. The lowest BCUT2D eigenvalue weighted by atomic mass is 10.1. The minimum atomic E-state index is -0.249. The molecule has 4 rings (SSSR count). The Bertz CT molecular complexity index is 1290. The van der Waals surface area contributed by atoms with E-state index in [0.29, 0.717) is 39.0 Å². The molecule has 0 aliphatic rings. The summed E-state index contributed by atoms with van der Waals surface area (Å²) < 4.78 is 1.90. The van der Waals surface area contributed by atoms with Crippen LogP contribution in [0.2, 0.25) is 10.0 Å². The summed E-state index contributed by atoms with van der Waals surface area (Å²) in [6.07, 6.45) is 3.37. The van der Waals surface area contributed by atoms with Crippen LogP contribution in [0.3, 0.4) is 0 Å². The van der Waals surface area contributed by atoms with E-state index in [1.807, 2.05) is 18.5 Å². The van der Waals surface area contributed by atoms with E-state index in [-0.39, 0.29) is 11.6 Å². The highest BCUT2D eigenvalue weighted by atomic mass is 35.5. The Labute approximate surface area is 189 Å². The van der Waals surface area contributed by atoms with Gasteiger partial charge in [-0.15, -0.1) is 0 Å². The van der Waals surface area contributed by atoms with Crippen molar-refractivity contribution in [3.05, 3.63) is 69.7 Å². The van der Waals surface area contributed by atoms with Crippen LogP contribution in [0.15, 0.2) is 42.7 Å². The van der Waals surface area contributed by atoms with Gasteiger partial charge in [-0.2, -0.15) is 5.10 Å².